The van der Waals surface area contributed by atoms with Crippen LogP contribution in [0.25, 0.3) is 0 Å². The third-order valence-electron chi connectivity index (χ3n) is 4.74. The molecular weight excluding hydrogens is 320 g/mol. The topological polar surface area (TPSA) is 108 Å². The summed E-state index contributed by atoms with van der Waals surface area (Å²) < 4.78 is 0. The van der Waals surface area contributed by atoms with Crippen molar-refractivity contribution < 1.29 is 4.79 Å². The molecule has 1 aliphatic carbocycles. The molecule has 1 atom stereocenters. The van der Waals surface area contributed by atoms with Gasteiger partial charge in [-0.05, 0) is 24.0 Å². The third kappa shape index (κ3) is 2.52. The molecule has 0 fully saturated rings. The van der Waals surface area contributed by atoms with Gasteiger partial charge in [-0.15, -0.1) is 0 Å². The molecule has 7 nitrogen and oxygen atoms in total. The van der Waals surface area contributed by atoms with Crippen molar-refractivity contribution in [1.82, 2.24) is 15.0 Å². The second-order valence-electron chi connectivity index (χ2n) is 7.34. The largest absolute Gasteiger partial charge is 0.344 e. The van der Waals surface area contributed by atoms with Gasteiger partial charge in [-0.3, -0.25) is 24.5 Å². The maximum absolute atomic E-state index is 12.9. The Morgan fingerprint density at radius 2 is 1.92 bits per heavy atom. The fourth-order valence-corrected chi connectivity index (χ4v) is 3.79. The smallest absolute Gasteiger partial charge is 0.327 e. The van der Waals surface area contributed by atoms with E-state index in [0.717, 1.165) is 5.70 Å². The van der Waals surface area contributed by atoms with Crippen LogP contribution in [0, 0.1) is 5.41 Å². The van der Waals surface area contributed by atoms with Crippen LogP contribution in [0.4, 0.5) is 5.82 Å². The van der Waals surface area contributed by atoms with Gasteiger partial charge in [0.15, 0.2) is 5.78 Å². The van der Waals surface area contributed by atoms with Crippen molar-refractivity contribution in [1.29, 1.82) is 0 Å². The third-order valence-corrected chi connectivity index (χ3v) is 4.74. The van der Waals surface area contributed by atoms with E-state index in [1.807, 2.05) is 19.9 Å². The number of Topliss-reactive ketones (excluding diaryl/α,β-unsaturated/α-hetero) is 1. The van der Waals surface area contributed by atoms with Gasteiger partial charge < -0.3 is 5.32 Å². The van der Waals surface area contributed by atoms with Crippen molar-refractivity contribution in [3.8, 4) is 0 Å². The Kier molecular flexibility index (Phi) is 3.28. The maximum atomic E-state index is 12.9. The minimum absolute atomic E-state index is 0.00523. The average molecular weight is 338 g/mol. The molecule has 2 aliphatic rings. The molecular formula is C18H18N4O3. The highest BCUT2D eigenvalue weighted by molar-refractivity contribution is 6.01. The molecule has 2 aromatic rings. The zero-order valence-corrected chi connectivity index (χ0v) is 14.0. The summed E-state index contributed by atoms with van der Waals surface area (Å²) in [7, 11) is 0. The van der Waals surface area contributed by atoms with Gasteiger partial charge in [0.05, 0.1) is 17.2 Å². The average Bonchev–Trinajstić information content (AvgIpc) is 2.52. The Bertz CT molecular complexity index is 1010. The van der Waals surface area contributed by atoms with Crippen LogP contribution in [-0.4, -0.2) is 20.7 Å². The molecule has 3 N–H and O–H groups in total. The molecule has 4 rings (SSSR count). The zero-order chi connectivity index (χ0) is 17.8. The fraction of sp³-hybridized carbons (Fsp3) is 0.333. The molecule has 7 heteroatoms. The number of hydrogen-bond acceptors (Lipinski definition) is 5. The lowest BCUT2D eigenvalue weighted by atomic mass is 9.70. The molecule has 0 saturated carbocycles. The second kappa shape index (κ2) is 5.27. The van der Waals surface area contributed by atoms with Crippen LogP contribution >= 0.6 is 0 Å². The van der Waals surface area contributed by atoms with Gasteiger partial charge in [0.1, 0.15) is 5.82 Å². The number of nitrogens with one attached hydrogen (secondary N) is 3. The normalized spacial score (nSPS) is 21.4. The minimum atomic E-state index is -0.586. The van der Waals surface area contributed by atoms with Crippen molar-refractivity contribution in [3.05, 3.63) is 67.8 Å². The number of ketones is 1. The maximum Gasteiger partial charge on any atom is 0.327 e. The van der Waals surface area contributed by atoms with Gasteiger partial charge in [0.2, 0.25) is 0 Å². The van der Waals surface area contributed by atoms with E-state index in [1.54, 1.807) is 18.3 Å². The van der Waals surface area contributed by atoms with E-state index in [1.165, 1.54) is 0 Å². The molecule has 0 amide bonds. The van der Waals surface area contributed by atoms with Gasteiger partial charge in [-0.2, -0.15) is 0 Å². The van der Waals surface area contributed by atoms with Crippen molar-refractivity contribution in [2.75, 3.05) is 5.32 Å². The monoisotopic (exact) mass is 338 g/mol. The van der Waals surface area contributed by atoms with E-state index in [4.69, 9.17) is 0 Å². The van der Waals surface area contributed by atoms with Crippen LogP contribution in [0.5, 0.6) is 0 Å². The number of aromatic nitrogens is 3. The second-order valence-corrected chi connectivity index (χ2v) is 7.34. The molecule has 1 aliphatic heterocycles. The molecule has 0 radical (unpaired) electrons. The summed E-state index contributed by atoms with van der Waals surface area (Å²) in [6, 6.07) is 5.40. The fourth-order valence-electron chi connectivity index (χ4n) is 3.79. The number of H-pyrrole nitrogens is 2. The molecule has 1 unspecified atom stereocenters. The number of carbonyl (C=O) groups excluding carboxylic acids is 1. The molecule has 128 valence electrons. The van der Waals surface area contributed by atoms with Crippen LogP contribution in [-0.2, 0) is 4.79 Å². The quantitative estimate of drug-likeness (QED) is 0.733. The number of hydrogen-bond donors (Lipinski definition) is 3. The lowest BCUT2D eigenvalue weighted by Gasteiger charge is -2.38. The summed E-state index contributed by atoms with van der Waals surface area (Å²) in [5.74, 6) is -0.240. The Morgan fingerprint density at radius 1 is 1.12 bits per heavy atom. The van der Waals surface area contributed by atoms with Gasteiger partial charge in [0, 0.05) is 23.9 Å². The van der Waals surface area contributed by atoms with Crippen LogP contribution in [0.1, 0.15) is 43.9 Å². The lowest BCUT2D eigenvalue weighted by Crippen LogP contribution is -2.39. The van der Waals surface area contributed by atoms with Crippen LogP contribution < -0.4 is 16.6 Å². The van der Waals surface area contributed by atoms with Gasteiger partial charge in [-0.25, -0.2) is 4.79 Å². The molecule has 0 aromatic carbocycles. The van der Waals surface area contributed by atoms with Crippen LogP contribution in [0.15, 0.2) is 45.3 Å². The summed E-state index contributed by atoms with van der Waals surface area (Å²) in [6.45, 7) is 4.06. The number of aromatic amines is 2. The Balaban J connectivity index is 2.01. The number of rotatable bonds is 1. The molecule has 0 bridgehead atoms. The predicted octanol–water partition coefficient (Wildman–Crippen LogP) is 1.66. The first-order valence-corrected chi connectivity index (χ1v) is 8.16. The highest BCUT2D eigenvalue weighted by Gasteiger charge is 2.42. The summed E-state index contributed by atoms with van der Waals surface area (Å²) in [6.07, 6.45) is 2.70. The van der Waals surface area contributed by atoms with E-state index in [2.05, 4.69) is 20.3 Å². The predicted molar refractivity (Wildman–Crippen MR) is 92.4 cm³/mol. The number of allylic oxidation sites excluding steroid dienone is 2. The summed E-state index contributed by atoms with van der Waals surface area (Å²) in [5.41, 5.74) is 0.992. The first-order valence-electron chi connectivity index (χ1n) is 8.16. The van der Waals surface area contributed by atoms with E-state index in [9.17, 15) is 14.4 Å². The number of carbonyl (C=O) groups is 1. The summed E-state index contributed by atoms with van der Waals surface area (Å²) >= 11 is 0. The van der Waals surface area contributed by atoms with E-state index >= 15 is 0 Å². The highest BCUT2D eigenvalue weighted by Crippen LogP contribution is 2.46. The summed E-state index contributed by atoms with van der Waals surface area (Å²) in [4.78, 5) is 46.4. The van der Waals surface area contributed by atoms with Crippen molar-refractivity contribution in [3.63, 3.8) is 0 Å². The molecule has 25 heavy (non-hydrogen) atoms. The van der Waals surface area contributed by atoms with Crippen LogP contribution in [0.3, 0.4) is 0 Å². The zero-order valence-electron chi connectivity index (χ0n) is 14.0. The SMILES string of the molecule is CC1(C)CC(=O)C2=C(C1)Nc1[nH]c(=O)[nH]c(=O)c1C2c1ccccn1. The van der Waals surface area contributed by atoms with E-state index in [-0.39, 0.29) is 11.2 Å². The standard InChI is InChI=1S/C18H18N4O3/c1-18(2)7-10-12(11(23)8-18)13(9-5-3-4-6-19-9)14-15(20-10)21-17(25)22-16(14)24/h3-6,13H,7-8H2,1-2H3,(H3,20,21,22,24,25). The Labute approximate surface area is 143 Å². The summed E-state index contributed by atoms with van der Waals surface area (Å²) in [5, 5.41) is 3.12. The number of pyridine rings is 1. The van der Waals surface area contributed by atoms with Gasteiger partial charge in [0.25, 0.3) is 5.56 Å². The highest BCUT2D eigenvalue weighted by atomic mass is 16.2. The molecule has 2 aromatic heterocycles. The lowest BCUT2D eigenvalue weighted by molar-refractivity contribution is -0.118. The van der Waals surface area contributed by atoms with Gasteiger partial charge >= 0.3 is 5.69 Å². The van der Waals surface area contributed by atoms with E-state index < -0.39 is 17.2 Å². The number of nitrogens with zero attached hydrogens (tertiary/aromatic N) is 1. The minimum Gasteiger partial charge on any atom is -0.344 e. The first kappa shape index (κ1) is 15.6. The molecule has 0 saturated heterocycles. The first-order chi connectivity index (χ1) is 11.9. The number of anilines is 1. The Morgan fingerprint density at radius 3 is 2.64 bits per heavy atom. The number of fused-ring (bicyclic) bond motifs is 1. The van der Waals surface area contributed by atoms with Crippen molar-refractivity contribution >= 4 is 11.6 Å². The molecule has 3 heterocycles. The van der Waals surface area contributed by atoms with E-state index in [0.29, 0.717) is 35.5 Å². The van der Waals surface area contributed by atoms with Crippen LogP contribution in [0.2, 0.25) is 0 Å². The van der Waals surface area contributed by atoms with Gasteiger partial charge in [-0.1, -0.05) is 19.9 Å². The Hall–Kier alpha value is -2.96. The van der Waals surface area contributed by atoms with Crippen molar-refractivity contribution in [2.45, 2.75) is 32.6 Å². The van der Waals surface area contributed by atoms with Crippen molar-refractivity contribution in [2.24, 2.45) is 5.41 Å². The molecule has 0 spiro atoms.